The predicted octanol–water partition coefficient (Wildman–Crippen LogP) is 0.115. The molecule has 0 bridgehead atoms. The molecule has 7 nitrogen and oxygen atoms in total. The Labute approximate surface area is 85.6 Å². The molecule has 0 N–H and O–H groups in total. The van der Waals surface area contributed by atoms with Gasteiger partial charge in [0.25, 0.3) is 0 Å². The second kappa shape index (κ2) is 5.63. The monoisotopic (exact) mass is 213 g/mol. The first-order valence-electron chi connectivity index (χ1n) is 3.97. The van der Waals surface area contributed by atoms with Crippen molar-refractivity contribution >= 4 is 12.6 Å². The minimum Gasteiger partial charge on any atom is -0.428 e. The highest BCUT2D eigenvalue weighted by molar-refractivity contribution is 5.59. The third kappa shape index (κ3) is 4.12. The van der Waals surface area contributed by atoms with Crippen molar-refractivity contribution in [1.29, 1.82) is 0 Å². The van der Waals surface area contributed by atoms with E-state index in [2.05, 4.69) is 19.2 Å². The fourth-order valence-electron chi connectivity index (χ4n) is 0.818. The van der Waals surface area contributed by atoms with Crippen molar-refractivity contribution < 1.29 is 23.8 Å². The summed E-state index contributed by atoms with van der Waals surface area (Å²) >= 11 is 0. The summed E-state index contributed by atoms with van der Waals surface area (Å²) in [7, 11) is 1.79. The van der Waals surface area contributed by atoms with Crippen LogP contribution >= 0.6 is 0 Å². The van der Waals surface area contributed by atoms with Crippen molar-refractivity contribution in [1.82, 2.24) is 9.55 Å². The van der Waals surface area contributed by atoms with Gasteiger partial charge in [0.2, 0.25) is 6.79 Å². The van der Waals surface area contributed by atoms with Gasteiger partial charge in [0.1, 0.15) is 6.61 Å². The molecule has 1 heterocycles. The molecule has 1 aromatic rings. The quantitative estimate of drug-likeness (QED) is 0.392. The number of hydrogen-bond donors (Lipinski definition) is 0. The van der Waals surface area contributed by atoms with Gasteiger partial charge in [-0.25, -0.2) is 14.6 Å². The standard InChI is InChI=1S/C8H9N2O5/c1-10-2-7(9-4-10)3-14-8(12)15-6-13-5-11/h2,4H,3,6H2,1H3. The van der Waals surface area contributed by atoms with Crippen molar-refractivity contribution in [3.8, 4) is 0 Å². The van der Waals surface area contributed by atoms with Crippen molar-refractivity contribution in [3.05, 3.63) is 18.2 Å². The number of aryl methyl sites for hydroxylation is 1. The van der Waals surface area contributed by atoms with Crippen LogP contribution in [0.3, 0.4) is 0 Å². The van der Waals surface area contributed by atoms with Crippen LogP contribution in [-0.4, -0.2) is 29.0 Å². The first-order valence-corrected chi connectivity index (χ1v) is 3.97. The minimum atomic E-state index is -0.934. The Hall–Kier alpha value is -2.05. The molecule has 0 fully saturated rings. The summed E-state index contributed by atoms with van der Waals surface area (Å²) in [5, 5.41) is 0. The van der Waals surface area contributed by atoms with E-state index in [4.69, 9.17) is 0 Å². The Morgan fingerprint density at radius 1 is 1.60 bits per heavy atom. The van der Waals surface area contributed by atoms with E-state index in [0.29, 0.717) is 5.69 Å². The fourth-order valence-corrected chi connectivity index (χ4v) is 0.818. The molecule has 15 heavy (non-hydrogen) atoms. The lowest BCUT2D eigenvalue weighted by molar-refractivity contribution is -0.00468. The molecule has 0 aliphatic carbocycles. The number of carbonyl (C=O) groups excluding carboxylic acids is 2. The Kier molecular flexibility index (Phi) is 4.14. The largest absolute Gasteiger partial charge is 0.511 e. The van der Waals surface area contributed by atoms with Crippen LogP contribution in [0.2, 0.25) is 0 Å². The highest BCUT2D eigenvalue weighted by atomic mass is 16.8. The van der Waals surface area contributed by atoms with Crippen LogP contribution in [0.5, 0.6) is 0 Å². The van der Waals surface area contributed by atoms with Gasteiger partial charge in [0.05, 0.1) is 12.0 Å². The molecule has 0 atom stereocenters. The fraction of sp³-hybridized carbons (Fsp3) is 0.375. The van der Waals surface area contributed by atoms with E-state index in [1.54, 1.807) is 24.1 Å². The topological polar surface area (TPSA) is 79.7 Å². The summed E-state index contributed by atoms with van der Waals surface area (Å²) in [6.07, 6.45) is 2.34. The molecule has 0 aliphatic heterocycles. The average molecular weight is 213 g/mol. The van der Waals surface area contributed by atoms with Gasteiger partial charge in [-0.1, -0.05) is 0 Å². The smallest absolute Gasteiger partial charge is 0.428 e. The van der Waals surface area contributed by atoms with Crippen LogP contribution in [0.4, 0.5) is 4.79 Å². The van der Waals surface area contributed by atoms with Crippen molar-refractivity contribution in [2.75, 3.05) is 6.79 Å². The molecule has 0 amide bonds. The highest BCUT2D eigenvalue weighted by Gasteiger charge is 2.05. The van der Waals surface area contributed by atoms with E-state index in [1.807, 2.05) is 0 Å². The molecular weight excluding hydrogens is 204 g/mol. The number of aromatic nitrogens is 2. The number of rotatable bonds is 5. The first-order chi connectivity index (χ1) is 7.22. The number of imidazole rings is 1. The molecule has 1 rings (SSSR count). The second-order valence-corrected chi connectivity index (χ2v) is 2.56. The second-order valence-electron chi connectivity index (χ2n) is 2.56. The minimum absolute atomic E-state index is 0.00444. The predicted molar refractivity (Wildman–Crippen MR) is 46.1 cm³/mol. The van der Waals surface area contributed by atoms with Crippen molar-refractivity contribution in [3.63, 3.8) is 0 Å². The zero-order chi connectivity index (χ0) is 11.1. The van der Waals surface area contributed by atoms with Gasteiger partial charge in [0, 0.05) is 13.2 Å². The summed E-state index contributed by atoms with van der Waals surface area (Å²) in [4.78, 5) is 24.3. The maximum absolute atomic E-state index is 10.8. The maximum Gasteiger partial charge on any atom is 0.511 e. The normalized spacial score (nSPS) is 9.40. The third-order valence-electron chi connectivity index (χ3n) is 1.39. The van der Waals surface area contributed by atoms with Gasteiger partial charge in [-0.15, -0.1) is 0 Å². The molecule has 0 unspecified atom stereocenters. The molecule has 1 radical (unpaired) electrons. The molecule has 0 aromatic carbocycles. The Morgan fingerprint density at radius 3 is 3.00 bits per heavy atom. The summed E-state index contributed by atoms with van der Waals surface area (Å²) in [5.74, 6) is 0. The first kappa shape index (κ1) is 11.0. The Morgan fingerprint density at radius 2 is 2.40 bits per heavy atom. The summed E-state index contributed by atoms with van der Waals surface area (Å²) in [6, 6.07) is 0. The van der Waals surface area contributed by atoms with E-state index in [0.717, 1.165) is 6.47 Å². The molecular formula is C8H9N2O5. The van der Waals surface area contributed by atoms with Crippen LogP contribution in [-0.2, 0) is 32.7 Å². The lowest BCUT2D eigenvalue weighted by Gasteiger charge is -2.02. The van der Waals surface area contributed by atoms with Crippen LogP contribution < -0.4 is 0 Å². The zero-order valence-electron chi connectivity index (χ0n) is 8.00. The highest BCUT2D eigenvalue weighted by Crippen LogP contribution is 1.98. The van der Waals surface area contributed by atoms with Gasteiger partial charge in [-0.2, -0.15) is 0 Å². The van der Waals surface area contributed by atoms with Gasteiger partial charge in [0.15, 0.2) is 0 Å². The Bertz CT molecular complexity index is 336. The van der Waals surface area contributed by atoms with E-state index in [-0.39, 0.29) is 6.61 Å². The van der Waals surface area contributed by atoms with Crippen molar-refractivity contribution in [2.24, 2.45) is 7.05 Å². The van der Waals surface area contributed by atoms with Gasteiger partial charge >= 0.3 is 12.6 Å². The van der Waals surface area contributed by atoms with Crippen LogP contribution in [0.15, 0.2) is 12.5 Å². The maximum atomic E-state index is 10.8. The molecule has 7 heteroatoms. The molecule has 1 aromatic heterocycles. The van der Waals surface area contributed by atoms with Crippen LogP contribution in [0.25, 0.3) is 0 Å². The lowest BCUT2D eigenvalue weighted by atomic mass is 10.5. The van der Waals surface area contributed by atoms with Crippen LogP contribution in [0, 0.1) is 0 Å². The molecule has 0 saturated carbocycles. The molecule has 81 valence electrons. The number of nitrogens with zero attached hydrogens (tertiary/aromatic N) is 2. The zero-order valence-corrected chi connectivity index (χ0v) is 8.00. The van der Waals surface area contributed by atoms with Gasteiger partial charge < -0.3 is 18.8 Å². The summed E-state index contributed by atoms with van der Waals surface area (Å²) in [5.41, 5.74) is 0.595. The van der Waals surface area contributed by atoms with E-state index < -0.39 is 12.9 Å². The van der Waals surface area contributed by atoms with Crippen LogP contribution in [0.1, 0.15) is 5.69 Å². The number of carbonyl (C=O) groups is 1. The summed E-state index contributed by atoms with van der Waals surface area (Å²) < 4.78 is 14.7. The number of ether oxygens (including phenoxy) is 3. The van der Waals surface area contributed by atoms with Gasteiger partial charge in [-0.3, -0.25) is 0 Å². The Balaban J connectivity index is 2.19. The molecule has 0 saturated heterocycles. The SMILES string of the molecule is Cn1cnc(COC(=O)OCO[C]=O)c1. The summed E-state index contributed by atoms with van der Waals surface area (Å²) in [6.45, 7) is 0.597. The third-order valence-corrected chi connectivity index (χ3v) is 1.39. The molecule has 0 spiro atoms. The molecule has 0 aliphatic rings. The average Bonchev–Trinajstić information content (AvgIpc) is 2.62. The van der Waals surface area contributed by atoms with E-state index >= 15 is 0 Å². The van der Waals surface area contributed by atoms with E-state index in [1.165, 1.54) is 0 Å². The van der Waals surface area contributed by atoms with Crippen molar-refractivity contribution in [2.45, 2.75) is 6.61 Å². The number of hydrogen-bond acceptors (Lipinski definition) is 6. The lowest BCUT2D eigenvalue weighted by Crippen LogP contribution is -2.10. The van der Waals surface area contributed by atoms with E-state index in [9.17, 15) is 9.59 Å². The van der Waals surface area contributed by atoms with Gasteiger partial charge in [-0.05, 0) is 0 Å².